The van der Waals surface area contributed by atoms with Crippen LogP contribution in [0.5, 0.6) is 0 Å². The van der Waals surface area contributed by atoms with Gasteiger partial charge >= 0.3 is 0 Å². The Morgan fingerprint density at radius 2 is 1.56 bits per heavy atom. The molecule has 0 amide bonds. The van der Waals surface area contributed by atoms with Crippen LogP contribution >= 0.6 is 15.9 Å². The zero-order valence-corrected chi connectivity index (χ0v) is 20.2. The molecule has 0 radical (unpaired) electrons. The predicted octanol–water partition coefficient (Wildman–Crippen LogP) is 7.88. The van der Waals surface area contributed by atoms with Crippen molar-refractivity contribution in [3.8, 4) is 0 Å². The van der Waals surface area contributed by atoms with Crippen LogP contribution in [0.2, 0.25) is 0 Å². The molecular weight excluding hydrogens is 486 g/mol. The zero-order valence-electron chi connectivity index (χ0n) is 18.6. The molecule has 34 heavy (non-hydrogen) atoms. The molecule has 0 spiro atoms. The summed E-state index contributed by atoms with van der Waals surface area (Å²) >= 11 is 3.46. The summed E-state index contributed by atoms with van der Waals surface area (Å²) in [6, 6.07) is 31.9. The van der Waals surface area contributed by atoms with Crippen LogP contribution in [0.15, 0.2) is 118 Å². The van der Waals surface area contributed by atoms with Crippen LogP contribution in [-0.4, -0.2) is 16.6 Å². The molecule has 0 saturated heterocycles. The lowest BCUT2D eigenvalue weighted by Crippen LogP contribution is -2.27. The largest absolute Gasteiger partial charge is 0.511 e. The second kappa shape index (κ2) is 9.78. The van der Waals surface area contributed by atoms with Gasteiger partial charge in [0.15, 0.2) is 5.78 Å². The first-order valence-electron chi connectivity index (χ1n) is 11.4. The molecule has 1 unspecified atom stereocenters. The molecule has 0 aliphatic heterocycles. The number of rotatable bonds is 4. The van der Waals surface area contributed by atoms with E-state index in [0.717, 1.165) is 32.1 Å². The van der Waals surface area contributed by atoms with E-state index in [4.69, 9.17) is 4.99 Å². The van der Waals surface area contributed by atoms with E-state index in [0.29, 0.717) is 24.1 Å². The van der Waals surface area contributed by atoms with Crippen LogP contribution in [0, 0.1) is 0 Å². The molecule has 0 heterocycles. The van der Waals surface area contributed by atoms with Crippen molar-refractivity contribution in [1.29, 1.82) is 0 Å². The summed E-state index contributed by atoms with van der Waals surface area (Å²) in [5, 5.41) is 13.5. The van der Waals surface area contributed by atoms with E-state index in [1.807, 2.05) is 72.8 Å². The topological polar surface area (TPSA) is 49.7 Å². The second-order valence-corrected chi connectivity index (χ2v) is 9.53. The van der Waals surface area contributed by atoms with Gasteiger partial charge in [-0.15, -0.1) is 0 Å². The molecule has 1 aliphatic rings. The number of carbonyl (C=O) groups excluding carboxylic acids is 1. The summed E-state index contributed by atoms with van der Waals surface area (Å²) in [6.07, 6.45) is 1.25. The van der Waals surface area contributed by atoms with E-state index in [9.17, 15) is 9.90 Å². The smallest absolute Gasteiger partial charge is 0.168 e. The Labute approximate surface area is 207 Å². The number of carbonyl (C=O) groups is 1. The summed E-state index contributed by atoms with van der Waals surface area (Å²) in [6.45, 7) is 0. The Hall–Kier alpha value is -3.50. The van der Waals surface area contributed by atoms with E-state index < -0.39 is 0 Å². The molecule has 3 nitrogen and oxygen atoms in total. The minimum atomic E-state index is -0.0614. The fraction of sp³-hybridized carbons (Fsp3) is 0.133. The molecule has 0 aromatic heterocycles. The number of aliphatic hydroxyl groups excluding tert-OH is 1. The summed E-state index contributed by atoms with van der Waals surface area (Å²) in [7, 11) is 0. The van der Waals surface area contributed by atoms with Crippen molar-refractivity contribution in [3.63, 3.8) is 0 Å². The SMILES string of the molecule is O=C1CC(c2ccccc2)CC(=Nc2ccc(Br)cc2)C1=C(O)Cc1cccc2ccccc12. The molecule has 1 fully saturated rings. The van der Waals surface area contributed by atoms with Gasteiger partial charge in [-0.05, 0) is 58.5 Å². The Bertz CT molecular complexity index is 1400. The van der Waals surface area contributed by atoms with Crippen molar-refractivity contribution >= 4 is 43.9 Å². The molecule has 4 aromatic carbocycles. The van der Waals surface area contributed by atoms with E-state index in [2.05, 4.69) is 40.2 Å². The quantitative estimate of drug-likeness (QED) is 0.224. The number of hydrogen-bond acceptors (Lipinski definition) is 3. The van der Waals surface area contributed by atoms with Crippen LogP contribution in [-0.2, 0) is 11.2 Å². The molecule has 1 atom stereocenters. The van der Waals surface area contributed by atoms with E-state index in [1.54, 1.807) is 0 Å². The monoisotopic (exact) mass is 509 g/mol. The number of aliphatic hydroxyl groups is 1. The third-order valence-electron chi connectivity index (χ3n) is 6.33. The lowest BCUT2D eigenvalue weighted by molar-refractivity contribution is -0.115. The fourth-order valence-electron chi connectivity index (χ4n) is 4.67. The maximum absolute atomic E-state index is 13.4. The highest BCUT2D eigenvalue weighted by molar-refractivity contribution is 9.10. The van der Waals surface area contributed by atoms with Gasteiger partial charge in [0.05, 0.1) is 17.0 Å². The van der Waals surface area contributed by atoms with Gasteiger partial charge in [0.1, 0.15) is 5.76 Å². The second-order valence-electron chi connectivity index (χ2n) is 8.61. The van der Waals surface area contributed by atoms with Gasteiger partial charge in [0.2, 0.25) is 0 Å². The van der Waals surface area contributed by atoms with Crippen LogP contribution in [0.1, 0.15) is 29.9 Å². The Kier molecular flexibility index (Phi) is 6.41. The molecule has 1 saturated carbocycles. The van der Waals surface area contributed by atoms with Crippen molar-refractivity contribution in [2.24, 2.45) is 4.99 Å². The first-order valence-corrected chi connectivity index (χ1v) is 12.2. The molecule has 4 heteroatoms. The number of halogens is 1. The third kappa shape index (κ3) is 4.73. The molecule has 168 valence electrons. The molecule has 0 bridgehead atoms. The number of fused-ring (bicyclic) bond motifs is 1. The van der Waals surface area contributed by atoms with E-state index in [1.165, 1.54) is 0 Å². The van der Waals surface area contributed by atoms with Gasteiger partial charge < -0.3 is 5.11 Å². The molecule has 4 aromatic rings. The number of aliphatic imine (C=N–C) groups is 1. The number of ketones is 1. The van der Waals surface area contributed by atoms with Crippen LogP contribution in [0.4, 0.5) is 5.69 Å². The van der Waals surface area contributed by atoms with Crippen molar-refractivity contribution in [3.05, 3.63) is 124 Å². The maximum Gasteiger partial charge on any atom is 0.168 e. The number of Topliss-reactive ketones (excluding diaryl/α,β-unsaturated/α-hetero) is 1. The van der Waals surface area contributed by atoms with Crippen molar-refractivity contribution in [1.82, 2.24) is 0 Å². The highest BCUT2D eigenvalue weighted by Crippen LogP contribution is 2.35. The van der Waals surface area contributed by atoms with E-state index >= 15 is 0 Å². The minimum absolute atomic E-state index is 0.0389. The van der Waals surface area contributed by atoms with Gasteiger partial charge in [-0.1, -0.05) is 88.7 Å². The van der Waals surface area contributed by atoms with Crippen LogP contribution in [0.25, 0.3) is 10.8 Å². The standard InChI is InChI=1S/C30H24BrNO2/c31-24-13-15-25(16-14-24)32-27-17-23(20-7-2-1-3-8-20)19-29(34)30(27)28(33)18-22-11-6-10-21-9-4-5-12-26(21)22/h1-16,23,33H,17-19H2. The van der Waals surface area contributed by atoms with E-state index in [-0.39, 0.29) is 23.9 Å². The summed E-state index contributed by atoms with van der Waals surface area (Å²) in [5.41, 5.74) is 3.87. The molecular formula is C30H24BrNO2. The van der Waals surface area contributed by atoms with Gasteiger partial charge in [-0.25, -0.2) is 0 Å². The average molecular weight is 510 g/mol. The first-order chi connectivity index (χ1) is 16.6. The summed E-state index contributed by atoms with van der Waals surface area (Å²) in [4.78, 5) is 18.3. The van der Waals surface area contributed by atoms with Crippen molar-refractivity contribution in [2.75, 3.05) is 0 Å². The lowest BCUT2D eigenvalue weighted by atomic mass is 9.78. The first kappa shape index (κ1) is 22.3. The summed E-state index contributed by atoms with van der Waals surface area (Å²) in [5.74, 6) is 0.0643. The zero-order chi connectivity index (χ0) is 23.5. The van der Waals surface area contributed by atoms with Gasteiger partial charge in [-0.3, -0.25) is 9.79 Å². The maximum atomic E-state index is 13.4. The lowest BCUT2D eigenvalue weighted by Gasteiger charge is -2.26. The minimum Gasteiger partial charge on any atom is -0.511 e. The van der Waals surface area contributed by atoms with Gasteiger partial charge in [-0.2, -0.15) is 0 Å². The Morgan fingerprint density at radius 3 is 2.35 bits per heavy atom. The number of hydrogen-bond donors (Lipinski definition) is 1. The highest BCUT2D eigenvalue weighted by Gasteiger charge is 2.32. The average Bonchev–Trinajstić information content (AvgIpc) is 2.86. The molecule has 1 aliphatic carbocycles. The van der Waals surface area contributed by atoms with Crippen molar-refractivity contribution < 1.29 is 9.90 Å². The highest BCUT2D eigenvalue weighted by atomic mass is 79.9. The van der Waals surface area contributed by atoms with Crippen molar-refractivity contribution in [2.45, 2.75) is 25.2 Å². The predicted molar refractivity (Wildman–Crippen MR) is 142 cm³/mol. The van der Waals surface area contributed by atoms with Gasteiger partial charge in [0, 0.05) is 17.3 Å². The number of nitrogens with zero attached hydrogens (tertiary/aromatic N) is 1. The number of allylic oxidation sites excluding steroid dienone is 2. The molecule has 5 rings (SSSR count). The van der Waals surface area contributed by atoms with Gasteiger partial charge in [0.25, 0.3) is 0 Å². The van der Waals surface area contributed by atoms with Crippen LogP contribution in [0.3, 0.4) is 0 Å². The normalized spacial score (nSPS) is 18.9. The molecule has 1 N–H and O–H groups in total. The number of benzene rings is 4. The fourth-order valence-corrected chi connectivity index (χ4v) is 4.94. The Morgan fingerprint density at radius 1 is 0.853 bits per heavy atom. The summed E-state index contributed by atoms with van der Waals surface area (Å²) < 4.78 is 0.966. The Balaban J connectivity index is 1.57. The van der Waals surface area contributed by atoms with Crippen LogP contribution < -0.4 is 0 Å². The third-order valence-corrected chi connectivity index (χ3v) is 6.86.